The molecule has 0 N–H and O–H groups in total. The summed E-state index contributed by atoms with van der Waals surface area (Å²) >= 11 is 19.8. The first kappa shape index (κ1) is 15.5. The minimum absolute atomic E-state index is 0.124. The van der Waals surface area contributed by atoms with Crippen molar-refractivity contribution in [1.29, 1.82) is 0 Å². The van der Waals surface area contributed by atoms with Crippen LogP contribution < -0.4 is 9.47 Å². The Balaban J connectivity index is 2.03. The van der Waals surface area contributed by atoms with Gasteiger partial charge in [-0.05, 0) is 29.3 Å². The summed E-state index contributed by atoms with van der Waals surface area (Å²) in [4.78, 5) is -0.124. The standard InChI is InChI=1S/C15H10Br2Cl2O2/c16-8-1-2-9(11(18)5-8)15(17)10-6-13-14(7-12(10)19)21-4-3-20-13/h1-2,5-7,15H,3-4H2. The molecule has 0 aromatic heterocycles. The first-order valence-electron chi connectivity index (χ1n) is 6.24. The van der Waals surface area contributed by atoms with E-state index in [9.17, 15) is 0 Å². The fourth-order valence-corrected chi connectivity index (χ4v) is 4.24. The summed E-state index contributed by atoms with van der Waals surface area (Å²) < 4.78 is 12.1. The number of hydrogen-bond acceptors (Lipinski definition) is 2. The highest BCUT2D eigenvalue weighted by atomic mass is 79.9. The third kappa shape index (κ3) is 3.19. The van der Waals surface area contributed by atoms with E-state index in [4.69, 9.17) is 32.7 Å². The average Bonchev–Trinajstić information content (AvgIpc) is 2.46. The molecule has 0 spiro atoms. The molecule has 1 aliphatic rings. The van der Waals surface area contributed by atoms with Gasteiger partial charge in [-0.3, -0.25) is 0 Å². The summed E-state index contributed by atoms with van der Waals surface area (Å²) in [5.41, 5.74) is 1.84. The van der Waals surface area contributed by atoms with Gasteiger partial charge < -0.3 is 9.47 Å². The average molecular weight is 453 g/mol. The number of halogens is 4. The summed E-state index contributed by atoms with van der Waals surface area (Å²) in [6.45, 7) is 1.08. The highest BCUT2D eigenvalue weighted by molar-refractivity contribution is 9.10. The second-order valence-corrected chi connectivity index (χ2v) is 7.19. The lowest BCUT2D eigenvalue weighted by molar-refractivity contribution is 0.171. The van der Waals surface area contributed by atoms with Crippen molar-refractivity contribution in [1.82, 2.24) is 0 Å². The molecule has 6 heteroatoms. The summed E-state index contributed by atoms with van der Waals surface area (Å²) in [7, 11) is 0. The van der Waals surface area contributed by atoms with Crippen LogP contribution in [0, 0.1) is 0 Å². The molecule has 0 radical (unpaired) electrons. The van der Waals surface area contributed by atoms with Gasteiger partial charge in [0.05, 0.1) is 4.83 Å². The summed E-state index contributed by atoms with van der Waals surface area (Å²) in [6, 6.07) is 9.44. The number of fused-ring (bicyclic) bond motifs is 1. The number of rotatable bonds is 2. The molecule has 0 fully saturated rings. The molecule has 1 unspecified atom stereocenters. The first-order chi connectivity index (χ1) is 10.1. The summed E-state index contributed by atoms with van der Waals surface area (Å²) in [6.07, 6.45) is 0. The van der Waals surface area contributed by atoms with Crippen LogP contribution in [0.3, 0.4) is 0 Å². The molecule has 21 heavy (non-hydrogen) atoms. The Morgan fingerprint density at radius 2 is 1.52 bits per heavy atom. The number of hydrogen-bond donors (Lipinski definition) is 0. The van der Waals surface area contributed by atoms with Crippen molar-refractivity contribution in [3.8, 4) is 11.5 Å². The largest absolute Gasteiger partial charge is 0.486 e. The highest BCUT2D eigenvalue weighted by Crippen LogP contribution is 2.44. The molecule has 0 saturated heterocycles. The minimum Gasteiger partial charge on any atom is -0.486 e. The maximum absolute atomic E-state index is 6.37. The number of ether oxygens (including phenoxy) is 2. The maximum Gasteiger partial charge on any atom is 0.162 e. The molecule has 1 atom stereocenters. The summed E-state index contributed by atoms with van der Waals surface area (Å²) in [5.74, 6) is 1.38. The topological polar surface area (TPSA) is 18.5 Å². The van der Waals surface area contributed by atoms with Crippen molar-refractivity contribution >= 4 is 55.1 Å². The SMILES string of the molecule is Clc1cc(Br)ccc1C(Br)c1cc2c(cc1Cl)OCCO2. The van der Waals surface area contributed by atoms with Crippen molar-refractivity contribution in [2.45, 2.75) is 4.83 Å². The molecule has 0 amide bonds. The molecular weight excluding hydrogens is 443 g/mol. The van der Waals surface area contributed by atoms with Crippen LogP contribution in [-0.4, -0.2) is 13.2 Å². The Bertz CT molecular complexity index is 692. The van der Waals surface area contributed by atoms with Gasteiger partial charge in [-0.1, -0.05) is 61.1 Å². The van der Waals surface area contributed by atoms with E-state index in [-0.39, 0.29) is 4.83 Å². The lowest BCUT2D eigenvalue weighted by Gasteiger charge is -2.21. The zero-order chi connectivity index (χ0) is 15.0. The molecule has 2 aromatic rings. The molecule has 0 saturated carbocycles. The van der Waals surface area contributed by atoms with Crippen molar-refractivity contribution in [3.63, 3.8) is 0 Å². The maximum atomic E-state index is 6.37. The Hall–Kier alpha value is -0.420. The molecule has 1 heterocycles. The molecule has 2 aromatic carbocycles. The van der Waals surface area contributed by atoms with Gasteiger partial charge in [0.15, 0.2) is 11.5 Å². The summed E-state index contributed by atoms with van der Waals surface area (Å²) in [5, 5.41) is 1.28. The van der Waals surface area contributed by atoms with Crippen LogP contribution in [-0.2, 0) is 0 Å². The predicted octanol–water partition coefficient (Wildman–Crippen LogP) is 6.01. The van der Waals surface area contributed by atoms with E-state index in [0.29, 0.717) is 34.8 Å². The van der Waals surface area contributed by atoms with Crippen molar-refractivity contribution in [2.24, 2.45) is 0 Å². The molecule has 0 aliphatic carbocycles. The second-order valence-electron chi connectivity index (χ2n) is 4.55. The minimum atomic E-state index is -0.124. The fraction of sp³-hybridized carbons (Fsp3) is 0.200. The van der Waals surface area contributed by atoms with E-state index in [2.05, 4.69) is 31.9 Å². The monoisotopic (exact) mass is 450 g/mol. The van der Waals surface area contributed by atoms with E-state index in [1.807, 2.05) is 24.3 Å². The molecular formula is C15H10Br2Cl2O2. The Morgan fingerprint density at radius 3 is 2.19 bits per heavy atom. The van der Waals surface area contributed by atoms with Crippen LogP contribution in [0.1, 0.15) is 16.0 Å². The number of benzene rings is 2. The van der Waals surface area contributed by atoms with Crippen LogP contribution in [0.5, 0.6) is 11.5 Å². The normalized spacial score (nSPS) is 14.9. The van der Waals surface area contributed by atoms with Crippen LogP contribution in [0.2, 0.25) is 10.0 Å². The van der Waals surface area contributed by atoms with E-state index >= 15 is 0 Å². The van der Waals surface area contributed by atoms with Gasteiger partial charge in [0.1, 0.15) is 13.2 Å². The first-order valence-corrected chi connectivity index (χ1v) is 8.71. The van der Waals surface area contributed by atoms with Crippen molar-refractivity contribution in [3.05, 3.63) is 56.0 Å². The van der Waals surface area contributed by atoms with Gasteiger partial charge >= 0.3 is 0 Å². The van der Waals surface area contributed by atoms with E-state index in [1.165, 1.54) is 0 Å². The van der Waals surface area contributed by atoms with E-state index in [0.717, 1.165) is 15.6 Å². The van der Waals surface area contributed by atoms with Crippen LogP contribution in [0.25, 0.3) is 0 Å². The van der Waals surface area contributed by atoms with E-state index < -0.39 is 0 Å². The zero-order valence-corrected chi connectivity index (χ0v) is 15.4. The Labute approximate surface area is 149 Å². The third-order valence-corrected chi connectivity index (χ3v) is 5.30. The smallest absolute Gasteiger partial charge is 0.162 e. The van der Waals surface area contributed by atoms with Gasteiger partial charge in [-0.25, -0.2) is 0 Å². The van der Waals surface area contributed by atoms with Gasteiger partial charge in [-0.15, -0.1) is 0 Å². The number of alkyl halides is 1. The lowest BCUT2D eigenvalue weighted by atomic mass is 10.0. The molecule has 0 bridgehead atoms. The Morgan fingerprint density at radius 1 is 0.905 bits per heavy atom. The fourth-order valence-electron chi connectivity index (χ4n) is 2.15. The van der Waals surface area contributed by atoms with Crippen molar-refractivity contribution in [2.75, 3.05) is 13.2 Å². The molecule has 1 aliphatic heterocycles. The molecule has 3 rings (SSSR count). The van der Waals surface area contributed by atoms with Gasteiger partial charge in [0, 0.05) is 20.6 Å². The van der Waals surface area contributed by atoms with Gasteiger partial charge in [0.25, 0.3) is 0 Å². The highest BCUT2D eigenvalue weighted by Gasteiger charge is 2.21. The van der Waals surface area contributed by atoms with Crippen LogP contribution in [0.4, 0.5) is 0 Å². The quantitative estimate of drug-likeness (QED) is 0.519. The molecule has 2 nitrogen and oxygen atoms in total. The van der Waals surface area contributed by atoms with Crippen LogP contribution >= 0.6 is 55.1 Å². The zero-order valence-electron chi connectivity index (χ0n) is 10.7. The second kappa shape index (κ2) is 6.37. The molecule has 110 valence electrons. The Kier molecular flexibility index (Phi) is 4.69. The van der Waals surface area contributed by atoms with Crippen LogP contribution in [0.15, 0.2) is 34.8 Å². The third-order valence-electron chi connectivity index (χ3n) is 3.17. The lowest BCUT2D eigenvalue weighted by Crippen LogP contribution is -2.15. The predicted molar refractivity (Wildman–Crippen MR) is 92.4 cm³/mol. The van der Waals surface area contributed by atoms with Gasteiger partial charge in [0.2, 0.25) is 0 Å². The van der Waals surface area contributed by atoms with Gasteiger partial charge in [-0.2, -0.15) is 0 Å². The van der Waals surface area contributed by atoms with Crippen molar-refractivity contribution < 1.29 is 9.47 Å². The van der Waals surface area contributed by atoms with E-state index in [1.54, 1.807) is 6.07 Å².